The summed E-state index contributed by atoms with van der Waals surface area (Å²) in [6, 6.07) is 11.5. The van der Waals surface area contributed by atoms with Crippen LogP contribution in [0, 0.1) is 20.2 Å². The van der Waals surface area contributed by atoms with E-state index in [1.807, 2.05) is 0 Å². The number of hydrogen-bond donors (Lipinski definition) is 1. The molecular formula is C14H10N2O7S. The van der Waals surface area contributed by atoms with E-state index >= 15 is 0 Å². The van der Waals surface area contributed by atoms with Crippen LogP contribution < -0.4 is 0 Å². The lowest BCUT2D eigenvalue weighted by Gasteiger charge is -2.07. The second kappa shape index (κ2) is 6.56. The van der Waals surface area contributed by atoms with Gasteiger partial charge in [0, 0.05) is 11.6 Å². The van der Waals surface area contributed by atoms with Gasteiger partial charge < -0.3 is 0 Å². The van der Waals surface area contributed by atoms with E-state index in [1.165, 1.54) is 36.4 Å². The zero-order valence-electron chi connectivity index (χ0n) is 11.9. The molecule has 0 saturated carbocycles. The lowest BCUT2D eigenvalue weighted by Crippen LogP contribution is -2.11. The van der Waals surface area contributed by atoms with E-state index in [4.69, 9.17) is 0 Å². The third kappa shape index (κ3) is 3.45. The summed E-state index contributed by atoms with van der Waals surface area (Å²) in [5.41, 5.74) is -2.41. The Morgan fingerprint density at radius 3 is 1.96 bits per heavy atom. The van der Waals surface area contributed by atoms with E-state index in [0.717, 1.165) is 12.1 Å². The molecule has 0 heterocycles. The zero-order valence-corrected chi connectivity index (χ0v) is 12.7. The molecule has 0 amide bonds. The normalized spacial score (nSPS) is 12.4. The molecule has 2 aromatic rings. The Morgan fingerprint density at radius 1 is 0.917 bits per heavy atom. The fraction of sp³-hybridized carbons (Fsp3) is 0. The van der Waals surface area contributed by atoms with E-state index in [2.05, 4.69) is 0 Å². The minimum atomic E-state index is -5.04. The topological polar surface area (TPSA) is 141 Å². The van der Waals surface area contributed by atoms with Crippen molar-refractivity contribution in [2.45, 2.75) is 0 Å². The highest BCUT2D eigenvalue weighted by atomic mass is 32.2. The monoisotopic (exact) mass is 350 g/mol. The van der Waals surface area contributed by atoms with Crippen molar-refractivity contribution in [3.8, 4) is 0 Å². The number of hydrogen-bond acceptors (Lipinski definition) is 6. The number of benzene rings is 2. The molecule has 0 fully saturated rings. The smallest absolute Gasteiger partial charge is 0.282 e. The molecule has 0 aliphatic rings. The largest absolute Gasteiger partial charge is 0.305 e. The van der Waals surface area contributed by atoms with Crippen LogP contribution in [0.1, 0.15) is 11.1 Å². The van der Waals surface area contributed by atoms with Gasteiger partial charge in [0.05, 0.1) is 9.85 Å². The average molecular weight is 350 g/mol. The highest BCUT2D eigenvalue weighted by Crippen LogP contribution is 2.34. The van der Waals surface area contributed by atoms with Gasteiger partial charge in [-0.3, -0.25) is 24.8 Å². The third-order valence-corrected chi connectivity index (χ3v) is 3.99. The van der Waals surface area contributed by atoms with Gasteiger partial charge in [-0.05, 0) is 6.07 Å². The molecule has 24 heavy (non-hydrogen) atoms. The molecule has 0 aliphatic heterocycles. The Kier molecular flexibility index (Phi) is 4.71. The molecule has 0 aromatic heterocycles. The molecule has 0 unspecified atom stereocenters. The van der Waals surface area contributed by atoms with Gasteiger partial charge in [-0.2, -0.15) is 8.42 Å². The molecule has 10 heteroatoms. The number of para-hydroxylation sites is 1. The Morgan fingerprint density at radius 2 is 1.46 bits per heavy atom. The van der Waals surface area contributed by atoms with Gasteiger partial charge in [0.1, 0.15) is 5.56 Å². The first-order valence-electron chi connectivity index (χ1n) is 6.39. The molecule has 124 valence electrons. The Bertz CT molecular complexity index is 937. The van der Waals surface area contributed by atoms with Crippen molar-refractivity contribution in [2.75, 3.05) is 0 Å². The summed E-state index contributed by atoms with van der Waals surface area (Å²) in [5, 5.41) is 22.6. The van der Waals surface area contributed by atoms with E-state index in [1.54, 1.807) is 6.07 Å². The molecule has 9 nitrogen and oxygen atoms in total. The van der Waals surface area contributed by atoms with Crippen molar-refractivity contribution in [1.82, 2.24) is 0 Å². The summed E-state index contributed by atoms with van der Waals surface area (Å²) in [5.74, 6) is 0. The quantitative estimate of drug-likeness (QED) is 0.378. The van der Waals surface area contributed by atoms with E-state index < -0.39 is 41.8 Å². The molecule has 0 atom stereocenters. The zero-order chi connectivity index (χ0) is 17.9. The van der Waals surface area contributed by atoms with Crippen LogP contribution in [0.2, 0.25) is 0 Å². The van der Waals surface area contributed by atoms with Gasteiger partial charge in [-0.25, -0.2) is 0 Å². The van der Waals surface area contributed by atoms with Crippen molar-refractivity contribution >= 4 is 26.4 Å². The van der Waals surface area contributed by atoms with Crippen molar-refractivity contribution in [1.29, 1.82) is 0 Å². The molecule has 0 aliphatic carbocycles. The predicted molar refractivity (Wildman–Crippen MR) is 84.9 cm³/mol. The fourth-order valence-corrected chi connectivity index (χ4v) is 3.00. The summed E-state index contributed by atoms with van der Waals surface area (Å²) >= 11 is 0. The standard InChI is InChI=1S/C14H10N2O7S/c17-15(18)12-9-5-4-8-11(12)13(16(19)20)14(24(21,22)23)10-6-2-1-3-7-10/h1-9H,(H,21,22,23). The van der Waals surface area contributed by atoms with Gasteiger partial charge in [0.25, 0.3) is 5.69 Å². The van der Waals surface area contributed by atoms with Crippen LogP contribution >= 0.6 is 0 Å². The van der Waals surface area contributed by atoms with Crippen molar-refractivity contribution in [2.24, 2.45) is 0 Å². The average Bonchev–Trinajstić information content (AvgIpc) is 2.51. The molecule has 0 radical (unpaired) electrons. The van der Waals surface area contributed by atoms with Crippen LogP contribution in [0.4, 0.5) is 5.69 Å². The number of nitro benzene ring substituents is 1. The lowest BCUT2D eigenvalue weighted by molar-refractivity contribution is -0.391. The highest BCUT2D eigenvalue weighted by Gasteiger charge is 2.35. The highest BCUT2D eigenvalue weighted by molar-refractivity contribution is 7.95. The predicted octanol–water partition coefficient (Wildman–Crippen LogP) is 2.59. The summed E-state index contributed by atoms with van der Waals surface area (Å²) in [6.07, 6.45) is 0. The van der Waals surface area contributed by atoms with Crippen LogP contribution in [-0.2, 0) is 10.1 Å². The second-order valence-electron chi connectivity index (χ2n) is 4.55. The maximum Gasteiger partial charge on any atom is 0.305 e. The summed E-state index contributed by atoms with van der Waals surface area (Å²) in [7, 11) is -5.04. The molecule has 0 spiro atoms. The number of nitro groups is 2. The fourth-order valence-electron chi connectivity index (χ4n) is 2.13. The molecule has 2 rings (SSSR count). The van der Waals surface area contributed by atoms with Gasteiger partial charge >= 0.3 is 15.8 Å². The van der Waals surface area contributed by atoms with Crippen LogP contribution in [0.5, 0.6) is 0 Å². The Balaban J connectivity index is 2.97. The number of rotatable bonds is 5. The SMILES string of the molecule is O=[N+]([O-])C(=C(c1ccccc1)S(=O)(=O)O)c1ccccc1[N+](=O)[O-]. The van der Waals surface area contributed by atoms with Gasteiger partial charge in [-0.15, -0.1) is 0 Å². The molecule has 1 N–H and O–H groups in total. The van der Waals surface area contributed by atoms with E-state index in [0.29, 0.717) is 0 Å². The minimum Gasteiger partial charge on any atom is -0.282 e. The summed E-state index contributed by atoms with van der Waals surface area (Å²) < 4.78 is 33.0. The summed E-state index contributed by atoms with van der Waals surface area (Å²) in [4.78, 5) is 19.6. The maximum absolute atomic E-state index is 11.8. The van der Waals surface area contributed by atoms with Crippen molar-refractivity contribution in [3.05, 3.63) is 86.0 Å². The first-order valence-corrected chi connectivity index (χ1v) is 7.83. The van der Waals surface area contributed by atoms with Gasteiger partial charge in [-0.1, -0.05) is 42.5 Å². The van der Waals surface area contributed by atoms with E-state index in [-0.39, 0.29) is 5.56 Å². The lowest BCUT2D eigenvalue weighted by atomic mass is 10.1. The molecule has 2 aromatic carbocycles. The summed E-state index contributed by atoms with van der Waals surface area (Å²) in [6.45, 7) is 0. The molecule has 0 saturated heterocycles. The van der Waals surface area contributed by atoms with Crippen molar-refractivity contribution < 1.29 is 22.8 Å². The maximum atomic E-state index is 11.8. The van der Waals surface area contributed by atoms with Crippen LogP contribution in [0.15, 0.2) is 54.6 Å². The third-order valence-electron chi connectivity index (χ3n) is 3.05. The van der Waals surface area contributed by atoms with Gasteiger partial charge in [0.2, 0.25) is 0 Å². The van der Waals surface area contributed by atoms with E-state index in [9.17, 15) is 33.2 Å². The molecule has 0 bridgehead atoms. The Labute approximate surface area is 135 Å². The Hall–Kier alpha value is -3.11. The molecular weight excluding hydrogens is 340 g/mol. The van der Waals surface area contributed by atoms with Crippen LogP contribution in [-0.4, -0.2) is 22.8 Å². The van der Waals surface area contributed by atoms with Crippen molar-refractivity contribution in [3.63, 3.8) is 0 Å². The first-order chi connectivity index (χ1) is 11.2. The number of nitrogens with zero attached hydrogens (tertiary/aromatic N) is 2. The van der Waals surface area contributed by atoms with Crippen LogP contribution in [0.3, 0.4) is 0 Å². The van der Waals surface area contributed by atoms with Gasteiger partial charge in [0.15, 0.2) is 4.91 Å². The first kappa shape index (κ1) is 17.2. The minimum absolute atomic E-state index is 0.162. The second-order valence-corrected chi connectivity index (χ2v) is 5.91. The van der Waals surface area contributed by atoms with Crippen LogP contribution in [0.25, 0.3) is 10.6 Å².